The first-order chi connectivity index (χ1) is 12.5. The van der Waals surface area contributed by atoms with Crippen LogP contribution in [0.25, 0.3) is 0 Å². The molecule has 0 saturated heterocycles. The Balaban J connectivity index is 1.85. The van der Waals surface area contributed by atoms with Crippen LogP contribution in [0.1, 0.15) is 53.8 Å². The zero-order valence-corrected chi connectivity index (χ0v) is 15.1. The minimum absolute atomic E-state index is 0.0670. The maximum absolute atomic E-state index is 12.2. The van der Waals surface area contributed by atoms with Crippen molar-refractivity contribution in [3.05, 3.63) is 59.7 Å². The largest absolute Gasteiger partial charge is 0.494 e. The molecule has 0 aliphatic rings. The Labute approximate surface area is 153 Å². The van der Waals surface area contributed by atoms with Crippen LogP contribution in [0.4, 0.5) is 5.69 Å². The van der Waals surface area contributed by atoms with E-state index in [4.69, 9.17) is 4.74 Å². The molecule has 2 aromatic carbocycles. The number of Topliss-reactive ketones (excluding diaryl/α,β-unsaturated/α-hetero) is 2. The number of nitrogens with one attached hydrogen (secondary N) is 1. The van der Waals surface area contributed by atoms with Gasteiger partial charge in [-0.05, 0) is 49.7 Å². The highest BCUT2D eigenvalue weighted by Crippen LogP contribution is 2.15. The number of hydrogen-bond acceptors (Lipinski definition) is 4. The van der Waals surface area contributed by atoms with Crippen LogP contribution >= 0.6 is 0 Å². The maximum Gasteiger partial charge on any atom is 0.224 e. The Morgan fingerprint density at radius 1 is 0.962 bits per heavy atom. The molecule has 2 rings (SSSR count). The van der Waals surface area contributed by atoms with Crippen LogP contribution in [0, 0.1) is 0 Å². The fourth-order valence-corrected chi connectivity index (χ4v) is 2.37. The summed E-state index contributed by atoms with van der Waals surface area (Å²) in [5.41, 5.74) is 1.64. The molecule has 0 aliphatic carbocycles. The van der Waals surface area contributed by atoms with Crippen molar-refractivity contribution in [2.45, 2.75) is 33.1 Å². The molecule has 0 aliphatic heterocycles. The van der Waals surface area contributed by atoms with E-state index in [-0.39, 0.29) is 30.3 Å². The van der Waals surface area contributed by atoms with Gasteiger partial charge in [-0.25, -0.2) is 0 Å². The number of anilines is 1. The highest BCUT2D eigenvalue weighted by Gasteiger charge is 2.10. The van der Waals surface area contributed by atoms with Crippen molar-refractivity contribution in [1.82, 2.24) is 0 Å². The summed E-state index contributed by atoms with van der Waals surface area (Å²) in [6, 6.07) is 13.7. The predicted octanol–water partition coefficient (Wildman–Crippen LogP) is 4.28. The van der Waals surface area contributed by atoms with E-state index < -0.39 is 0 Å². The van der Waals surface area contributed by atoms with Crippen molar-refractivity contribution >= 4 is 23.2 Å². The highest BCUT2D eigenvalue weighted by atomic mass is 16.5. The first-order valence-electron chi connectivity index (χ1n) is 8.66. The fraction of sp³-hybridized carbons (Fsp3) is 0.286. The van der Waals surface area contributed by atoms with Gasteiger partial charge in [0.1, 0.15) is 5.75 Å². The maximum atomic E-state index is 12.2. The molecule has 1 amide bonds. The molecule has 0 spiro atoms. The van der Waals surface area contributed by atoms with E-state index in [1.807, 2.05) is 6.92 Å². The normalized spacial score (nSPS) is 10.2. The number of carbonyl (C=O) groups excluding carboxylic acids is 3. The number of carbonyl (C=O) groups is 3. The monoisotopic (exact) mass is 353 g/mol. The second kappa shape index (κ2) is 9.51. The summed E-state index contributed by atoms with van der Waals surface area (Å²) in [5.74, 6) is 0.302. The summed E-state index contributed by atoms with van der Waals surface area (Å²) < 4.78 is 5.48. The van der Waals surface area contributed by atoms with Gasteiger partial charge in [-0.15, -0.1) is 0 Å². The Bertz CT molecular complexity index is 781. The van der Waals surface area contributed by atoms with Gasteiger partial charge in [0.15, 0.2) is 11.6 Å². The molecule has 0 radical (unpaired) electrons. The van der Waals surface area contributed by atoms with Crippen LogP contribution in [0.5, 0.6) is 5.75 Å². The van der Waals surface area contributed by atoms with E-state index in [1.165, 1.54) is 6.92 Å². The molecule has 0 unspecified atom stereocenters. The van der Waals surface area contributed by atoms with Crippen molar-refractivity contribution in [3.8, 4) is 5.75 Å². The topological polar surface area (TPSA) is 72.5 Å². The number of ketones is 2. The third-order valence-electron chi connectivity index (χ3n) is 3.78. The van der Waals surface area contributed by atoms with Crippen molar-refractivity contribution in [2.75, 3.05) is 11.9 Å². The quantitative estimate of drug-likeness (QED) is 0.683. The van der Waals surface area contributed by atoms with Gasteiger partial charge >= 0.3 is 0 Å². The molecule has 5 heteroatoms. The van der Waals surface area contributed by atoms with E-state index in [9.17, 15) is 14.4 Å². The average Bonchev–Trinajstić information content (AvgIpc) is 2.65. The van der Waals surface area contributed by atoms with Crippen molar-refractivity contribution in [1.29, 1.82) is 0 Å². The highest BCUT2D eigenvalue weighted by molar-refractivity contribution is 6.00. The summed E-state index contributed by atoms with van der Waals surface area (Å²) >= 11 is 0. The number of hydrogen-bond donors (Lipinski definition) is 1. The molecule has 0 atom stereocenters. The smallest absolute Gasteiger partial charge is 0.224 e. The summed E-state index contributed by atoms with van der Waals surface area (Å²) in [6.07, 6.45) is 1.12. The van der Waals surface area contributed by atoms with E-state index in [0.717, 1.165) is 12.2 Å². The first-order valence-corrected chi connectivity index (χ1v) is 8.66. The molecule has 1 N–H and O–H groups in total. The minimum Gasteiger partial charge on any atom is -0.494 e. The fourth-order valence-electron chi connectivity index (χ4n) is 2.37. The third-order valence-corrected chi connectivity index (χ3v) is 3.78. The number of amides is 1. The van der Waals surface area contributed by atoms with Crippen LogP contribution in [0.3, 0.4) is 0 Å². The second-order valence-electron chi connectivity index (χ2n) is 5.98. The van der Waals surface area contributed by atoms with Gasteiger partial charge in [0.2, 0.25) is 5.91 Å². The van der Waals surface area contributed by atoms with Crippen LogP contribution in [-0.2, 0) is 4.79 Å². The molecule has 2 aromatic rings. The zero-order chi connectivity index (χ0) is 18.9. The van der Waals surface area contributed by atoms with E-state index in [2.05, 4.69) is 5.32 Å². The molecule has 136 valence electrons. The molecule has 0 aromatic heterocycles. The summed E-state index contributed by atoms with van der Waals surface area (Å²) in [7, 11) is 0. The lowest BCUT2D eigenvalue weighted by Gasteiger charge is -2.07. The van der Waals surface area contributed by atoms with Gasteiger partial charge in [-0.2, -0.15) is 0 Å². The Kier molecular flexibility index (Phi) is 7.09. The Morgan fingerprint density at radius 3 is 2.35 bits per heavy atom. The van der Waals surface area contributed by atoms with Crippen LogP contribution < -0.4 is 10.1 Å². The van der Waals surface area contributed by atoms with Crippen molar-refractivity contribution < 1.29 is 19.1 Å². The van der Waals surface area contributed by atoms with Crippen LogP contribution in [0.15, 0.2) is 48.5 Å². The van der Waals surface area contributed by atoms with Gasteiger partial charge in [-0.3, -0.25) is 14.4 Å². The lowest BCUT2D eigenvalue weighted by Crippen LogP contribution is -2.13. The lowest BCUT2D eigenvalue weighted by molar-refractivity contribution is -0.116. The van der Waals surface area contributed by atoms with Gasteiger partial charge in [-0.1, -0.05) is 19.1 Å². The second-order valence-corrected chi connectivity index (χ2v) is 5.98. The molecule has 5 nitrogen and oxygen atoms in total. The van der Waals surface area contributed by atoms with Crippen molar-refractivity contribution in [3.63, 3.8) is 0 Å². The standard InChI is InChI=1S/C21H23NO4/c1-3-13-26-19-9-7-16(8-10-19)20(24)11-12-21(25)22-18-6-4-5-17(14-18)15(2)23/h4-10,14H,3,11-13H2,1-2H3,(H,22,25). The van der Waals surface area contributed by atoms with Crippen molar-refractivity contribution in [2.24, 2.45) is 0 Å². The molecular formula is C21H23NO4. The summed E-state index contributed by atoms with van der Waals surface area (Å²) in [6.45, 7) is 4.13. The summed E-state index contributed by atoms with van der Waals surface area (Å²) in [4.78, 5) is 35.6. The molecule has 0 saturated carbocycles. The molecular weight excluding hydrogens is 330 g/mol. The summed E-state index contributed by atoms with van der Waals surface area (Å²) in [5, 5.41) is 2.71. The molecule has 0 heterocycles. The Morgan fingerprint density at radius 2 is 1.69 bits per heavy atom. The minimum atomic E-state index is -0.262. The number of benzene rings is 2. The van der Waals surface area contributed by atoms with Crippen LogP contribution in [0.2, 0.25) is 0 Å². The third kappa shape index (κ3) is 5.84. The molecule has 0 bridgehead atoms. The van der Waals surface area contributed by atoms with Crippen LogP contribution in [-0.4, -0.2) is 24.1 Å². The van der Waals surface area contributed by atoms with Gasteiger partial charge in [0, 0.05) is 29.7 Å². The van der Waals surface area contributed by atoms with Gasteiger partial charge in [0.25, 0.3) is 0 Å². The molecule has 0 fully saturated rings. The number of rotatable bonds is 9. The van der Waals surface area contributed by atoms with Gasteiger partial charge in [0.05, 0.1) is 6.61 Å². The zero-order valence-electron chi connectivity index (χ0n) is 15.1. The molecule has 26 heavy (non-hydrogen) atoms. The average molecular weight is 353 g/mol. The lowest BCUT2D eigenvalue weighted by atomic mass is 10.1. The number of ether oxygens (including phenoxy) is 1. The Hall–Kier alpha value is -2.95. The van der Waals surface area contributed by atoms with E-state index >= 15 is 0 Å². The van der Waals surface area contributed by atoms with E-state index in [1.54, 1.807) is 48.5 Å². The van der Waals surface area contributed by atoms with E-state index in [0.29, 0.717) is 23.4 Å². The van der Waals surface area contributed by atoms with Gasteiger partial charge < -0.3 is 10.1 Å². The predicted molar refractivity (Wildman–Crippen MR) is 101 cm³/mol. The first kappa shape index (κ1) is 19.4. The SMILES string of the molecule is CCCOc1ccc(C(=O)CCC(=O)Nc2cccc(C(C)=O)c2)cc1.